The van der Waals surface area contributed by atoms with Crippen LogP contribution in [0.2, 0.25) is 0 Å². The van der Waals surface area contributed by atoms with Gasteiger partial charge in [0.2, 0.25) is 0 Å². The predicted molar refractivity (Wildman–Crippen MR) is 102 cm³/mol. The third-order valence-electron chi connectivity index (χ3n) is 6.34. The van der Waals surface area contributed by atoms with Gasteiger partial charge in [0.05, 0.1) is 18.8 Å². The fourth-order valence-corrected chi connectivity index (χ4v) is 4.82. The molecule has 26 heavy (non-hydrogen) atoms. The van der Waals surface area contributed by atoms with Crippen molar-refractivity contribution in [2.24, 2.45) is 16.8 Å². The van der Waals surface area contributed by atoms with Crippen molar-refractivity contribution >= 4 is 5.96 Å². The number of nitrogens with one attached hydrogen (secondary N) is 1. The lowest BCUT2D eigenvalue weighted by Gasteiger charge is -2.27. The Bertz CT molecular complexity index is 654. The molecule has 4 nitrogen and oxygen atoms in total. The zero-order valence-electron chi connectivity index (χ0n) is 16.0. The van der Waals surface area contributed by atoms with E-state index in [-0.39, 0.29) is 11.2 Å². The van der Waals surface area contributed by atoms with Crippen molar-refractivity contribution in [3.05, 3.63) is 35.6 Å². The topological polar surface area (TPSA) is 36.9 Å². The molecule has 3 fully saturated rings. The Kier molecular flexibility index (Phi) is 4.68. The van der Waals surface area contributed by atoms with E-state index in [0.29, 0.717) is 30.6 Å². The number of halogens is 1. The number of fused-ring (bicyclic) bond motifs is 5. The van der Waals surface area contributed by atoms with Crippen LogP contribution in [0.4, 0.5) is 4.39 Å². The van der Waals surface area contributed by atoms with Crippen LogP contribution in [0.25, 0.3) is 0 Å². The molecule has 3 heterocycles. The van der Waals surface area contributed by atoms with Gasteiger partial charge in [-0.25, -0.2) is 4.39 Å². The summed E-state index contributed by atoms with van der Waals surface area (Å²) >= 11 is 0. The minimum Gasteiger partial charge on any atom is -0.374 e. The van der Waals surface area contributed by atoms with Gasteiger partial charge in [-0.3, -0.25) is 4.99 Å². The molecule has 4 rings (SSSR count). The molecule has 2 bridgehead atoms. The predicted octanol–water partition coefficient (Wildman–Crippen LogP) is 3.18. The molecule has 1 N–H and O–H groups in total. The van der Waals surface area contributed by atoms with E-state index in [1.54, 1.807) is 0 Å². The van der Waals surface area contributed by atoms with Crippen molar-refractivity contribution in [3.8, 4) is 0 Å². The summed E-state index contributed by atoms with van der Waals surface area (Å²) in [4.78, 5) is 7.38. The molecule has 3 saturated heterocycles. The first-order valence-corrected chi connectivity index (χ1v) is 9.92. The van der Waals surface area contributed by atoms with Crippen molar-refractivity contribution in [2.45, 2.75) is 51.2 Å². The molecule has 0 aromatic heterocycles. The molecule has 0 saturated carbocycles. The maximum atomic E-state index is 13.2. The highest BCUT2D eigenvalue weighted by atomic mass is 19.1. The summed E-state index contributed by atoms with van der Waals surface area (Å²) in [6.07, 6.45) is 3.39. The summed E-state index contributed by atoms with van der Waals surface area (Å²) < 4.78 is 19.3. The number of aliphatic imine (C=N–C) groups is 1. The molecule has 5 heteroatoms. The van der Waals surface area contributed by atoms with Gasteiger partial charge in [-0.15, -0.1) is 0 Å². The van der Waals surface area contributed by atoms with E-state index in [9.17, 15) is 4.39 Å². The Labute approximate surface area is 155 Å². The van der Waals surface area contributed by atoms with Crippen LogP contribution in [-0.4, -0.2) is 49.2 Å². The minimum atomic E-state index is -0.193. The van der Waals surface area contributed by atoms with Crippen molar-refractivity contribution < 1.29 is 9.13 Å². The van der Waals surface area contributed by atoms with Crippen molar-refractivity contribution in [3.63, 3.8) is 0 Å². The van der Waals surface area contributed by atoms with E-state index in [4.69, 9.17) is 9.73 Å². The number of hydrogen-bond donors (Lipinski definition) is 1. The molecule has 3 aliphatic rings. The third-order valence-corrected chi connectivity index (χ3v) is 6.34. The van der Waals surface area contributed by atoms with Crippen molar-refractivity contribution in [1.82, 2.24) is 10.2 Å². The van der Waals surface area contributed by atoms with Gasteiger partial charge in [0.1, 0.15) is 5.82 Å². The van der Waals surface area contributed by atoms with Crippen LogP contribution in [0.5, 0.6) is 0 Å². The third kappa shape index (κ3) is 3.22. The van der Waals surface area contributed by atoms with Crippen molar-refractivity contribution in [2.75, 3.05) is 26.2 Å². The van der Waals surface area contributed by atoms with Crippen LogP contribution < -0.4 is 5.32 Å². The minimum absolute atomic E-state index is 0.133. The van der Waals surface area contributed by atoms with Gasteiger partial charge in [-0.2, -0.15) is 0 Å². The Morgan fingerprint density at radius 1 is 1.19 bits per heavy atom. The molecule has 0 aliphatic carbocycles. The molecular weight excluding hydrogens is 329 g/mol. The number of hydrogen-bond acceptors (Lipinski definition) is 2. The smallest absolute Gasteiger partial charge is 0.193 e. The highest BCUT2D eigenvalue weighted by Gasteiger charge is 2.53. The van der Waals surface area contributed by atoms with Gasteiger partial charge in [0, 0.05) is 36.9 Å². The van der Waals surface area contributed by atoms with Crippen LogP contribution in [-0.2, 0) is 10.2 Å². The lowest BCUT2D eigenvalue weighted by atomic mass is 9.82. The second-order valence-electron chi connectivity index (χ2n) is 8.58. The number of benzene rings is 1. The fourth-order valence-electron chi connectivity index (χ4n) is 4.82. The average molecular weight is 359 g/mol. The molecule has 4 atom stereocenters. The van der Waals surface area contributed by atoms with E-state index in [2.05, 4.69) is 31.0 Å². The quantitative estimate of drug-likeness (QED) is 0.663. The second-order valence-corrected chi connectivity index (χ2v) is 8.58. The van der Waals surface area contributed by atoms with Gasteiger partial charge < -0.3 is 15.0 Å². The van der Waals surface area contributed by atoms with Gasteiger partial charge in [0.25, 0.3) is 0 Å². The fraction of sp³-hybridized carbons (Fsp3) is 0.667. The molecular formula is C21H30FN3O. The standard InChI is InChI=1S/C21H30FN3O/c1-4-23-20(24-13-21(2,3)14-5-7-15(22)8-6-14)25-11-16-17(12-25)19-10-9-18(16)26-19/h5-8,16-19H,4,9-13H2,1-3H3,(H,23,24). The molecule has 142 valence electrons. The normalized spacial score (nSPS) is 30.8. The van der Waals surface area contributed by atoms with Crippen LogP contribution >= 0.6 is 0 Å². The summed E-state index contributed by atoms with van der Waals surface area (Å²) in [5, 5.41) is 3.47. The van der Waals surface area contributed by atoms with Gasteiger partial charge in [-0.1, -0.05) is 26.0 Å². The maximum Gasteiger partial charge on any atom is 0.193 e. The Balaban J connectivity index is 1.47. The summed E-state index contributed by atoms with van der Waals surface area (Å²) in [7, 11) is 0. The van der Waals surface area contributed by atoms with Gasteiger partial charge in [0.15, 0.2) is 5.96 Å². The first-order valence-electron chi connectivity index (χ1n) is 9.92. The summed E-state index contributed by atoms with van der Waals surface area (Å²) in [5.74, 6) is 2.16. The number of rotatable bonds is 4. The Morgan fingerprint density at radius 2 is 1.81 bits per heavy atom. The molecule has 3 aliphatic heterocycles. The van der Waals surface area contributed by atoms with Crippen LogP contribution in [0.15, 0.2) is 29.3 Å². The second kappa shape index (κ2) is 6.84. The van der Waals surface area contributed by atoms with E-state index in [1.807, 2.05) is 12.1 Å². The SMILES string of the molecule is CCNC(=NCC(C)(C)c1ccc(F)cc1)N1CC2C3CCC(O3)C2C1. The maximum absolute atomic E-state index is 13.2. The molecule has 0 radical (unpaired) electrons. The summed E-state index contributed by atoms with van der Waals surface area (Å²) in [5.41, 5.74) is 0.981. The number of guanidine groups is 1. The van der Waals surface area contributed by atoms with E-state index in [1.165, 1.54) is 25.0 Å². The van der Waals surface area contributed by atoms with E-state index < -0.39 is 0 Å². The van der Waals surface area contributed by atoms with Crippen LogP contribution in [0.1, 0.15) is 39.2 Å². The van der Waals surface area contributed by atoms with Gasteiger partial charge in [-0.05, 0) is 37.5 Å². The first-order chi connectivity index (χ1) is 12.5. The highest BCUT2D eigenvalue weighted by Crippen LogP contribution is 2.47. The van der Waals surface area contributed by atoms with Crippen LogP contribution in [0, 0.1) is 17.7 Å². The first kappa shape index (κ1) is 17.8. The zero-order chi connectivity index (χ0) is 18.3. The molecule has 1 aromatic rings. The average Bonchev–Trinajstić information content (AvgIpc) is 3.31. The van der Waals surface area contributed by atoms with Gasteiger partial charge >= 0.3 is 0 Å². The largest absolute Gasteiger partial charge is 0.374 e. The molecule has 0 amide bonds. The summed E-state index contributed by atoms with van der Waals surface area (Å²) in [6.45, 7) is 10.1. The lowest BCUT2D eigenvalue weighted by molar-refractivity contribution is 0.0767. The monoisotopic (exact) mass is 359 g/mol. The lowest BCUT2D eigenvalue weighted by Crippen LogP contribution is -2.42. The van der Waals surface area contributed by atoms with E-state index >= 15 is 0 Å². The van der Waals surface area contributed by atoms with Crippen molar-refractivity contribution in [1.29, 1.82) is 0 Å². The number of ether oxygens (including phenoxy) is 1. The van der Waals surface area contributed by atoms with E-state index in [0.717, 1.165) is 31.2 Å². The number of likely N-dealkylation sites (tertiary alicyclic amines) is 1. The number of nitrogens with zero attached hydrogens (tertiary/aromatic N) is 2. The Morgan fingerprint density at radius 3 is 2.38 bits per heavy atom. The summed E-state index contributed by atoms with van der Waals surface area (Å²) in [6, 6.07) is 6.80. The Hall–Kier alpha value is -1.62. The molecule has 4 unspecified atom stereocenters. The molecule has 0 spiro atoms. The van der Waals surface area contributed by atoms with Crippen LogP contribution in [0.3, 0.4) is 0 Å². The zero-order valence-corrected chi connectivity index (χ0v) is 16.0. The molecule has 1 aromatic carbocycles. The highest BCUT2D eigenvalue weighted by molar-refractivity contribution is 5.80.